The van der Waals surface area contributed by atoms with Crippen LogP contribution in [-0.2, 0) is 0 Å². The summed E-state index contributed by atoms with van der Waals surface area (Å²) in [6.45, 7) is 1.82. The lowest BCUT2D eigenvalue weighted by Gasteiger charge is -2.15. The predicted octanol–water partition coefficient (Wildman–Crippen LogP) is 1.10. The van der Waals surface area contributed by atoms with Crippen LogP contribution in [-0.4, -0.2) is 37.6 Å². The summed E-state index contributed by atoms with van der Waals surface area (Å²) in [5.74, 6) is 1.16. The third-order valence-electron chi connectivity index (χ3n) is 2.58. The van der Waals surface area contributed by atoms with Crippen LogP contribution >= 0.6 is 0 Å². The first-order valence-electron chi connectivity index (χ1n) is 6.12. The Kier molecular flexibility index (Phi) is 6.52. The molecule has 6 nitrogen and oxygen atoms in total. The molecule has 0 aliphatic rings. The van der Waals surface area contributed by atoms with Gasteiger partial charge in [-0.2, -0.15) is 0 Å². The molecule has 3 N–H and O–H groups in total. The third-order valence-corrected chi connectivity index (χ3v) is 2.58. The molecule has 0 fully saturated rings. The van der Waals surface area contributed by atoms with Crippen LogP contribution < -0.4 is 20.1 Å². The fourth-order valence-electron chi connectivity index (χ4n) is 1.43. The highest BCUT2D eigenvalue weighted by Crippen LogP contribution is 2.25. The summed E-state index contributed by atoms with van der Waals surface area (Å²) in [6.07, 6.45) is 0.664. The molecule has 1 rings (SSSR count). The topological polar surface area (TPSA) is 79.8 Å². The molecule has 0 saturated carbocycles. The van der Waals surface area contributed by atoms with Crippen molar-refractivity contribution < 1.29 is 19.4 Å². The summed E-state index contributed by atoms with van der Waals surface area (Å²) >= 11 is 0. The van der Waals surface area contributed by atoms with Crippen LogP contribution in [0.25, 0.3) is 0 Å². The van der Waals surface area contributed by atoms with Crippen molar-refractivity contribution in [2.75, 3.05) is 20.4 Å². The minimum absolute atomic E-state index is 0.0219. The maximum absolute atomic E-state index is 11.5. The number of aliphatic hydroxyl groups is 1. The van der Waals surface area contributed by atoms with Gasteiger partial charge in [0.15, 0.2) is 18.2 Å². The Balaban J connectivity index is 2.35. The quantitative estimate of drug-likeness (QED) is 0.647. The van der Waals surface area contributed by atoms with E-state index in [0.717, 1.165) is 0 Å². The number of carbonyl (C=O) groups is 1. The van der Waals surface area contributed by atoms with E-state index in [1.54, 1.807) is 19.2 Å². The zero-order chi connectivity index (χ0) is 14.1. The molecule has 0 aliphatic heterocycles. The molecule has 0 spiro atoms. The zero-order valence-corrected chi connectivity index (χ0v) is 11.2. The minimum Gasteiger partial charge on any atom is -0.493 e. The second-order valence-electron chi connectivity index (χ2n) is 3.88. The Bertz CT molecular complexity index is 394. The zero-order valence-electron chi connectivity index (χ0n) is 11.2. The van der Waals surface area contributed by atoms with Crippen LogP contribution in [0.3, 0.4) is 0 Å². The molecule has 6 heteroatoms. The van der Waals surface area contributed by atoms with E-state index >= 15 is 0 Å². The Morgan fingerprint density at radius 1 is 1.37 bits per heavy atom. The second-order valence-corrected chi connectivity index (χ2v) is 3.88. The highest BCUT2D eigenvalue weighted by Gasteiger charge is 2.08. The number of ether oxygens (including phenoxy) is 2. The standard InChI is InChI=1S/C13H20N2O4/c1-3-10(8-16)15-13(17)14-9-19-12-7-5-4-6-11(12)18-2/h4-7,10,16H,3,8-9H2,1-2H3,(H2,14,15,17). The van der Waals surface area contributed by atoms with Crippen LogP contribution in [0, 0.1) is 0 Å². The van der Waals surface area contributed by atoms with Gasteiger partial charge in [0.2, 0.25) is 0 Å². The van der Waals surface area contributed by atoms with Crippen LogP contribution in [0.1, 0.15) is 13.3 Å². The summed E-state index contributed by atoms with van der Waals surface area (Å²) in [7, 11) is 1.55. The van der Waals surface area contributed by atoms with Gasteiger partial charge in [0.05, 0.1) is 19.8 Å². The van der Waals surface area contributed by atoms with Crippen molar-refractivity contribution in [1.82, 2.24) is 10.6 Å². The number of carbonyl (C=O) groups excluding carboxylic acids is 1. The predicted molar refractivity (Wildman–Crippen MR) is 71.3 cm³/mol. The molecule has 2 amide bonds. The molecule has 0 radical (unpaired) electrons. The number of nitrogens with one attached hydrogen (secondary N) is 2. The van der Waals surface area contributed by atoms with Crippen molar-refractivity contribution in [3.8, 4) is 11.5 Å². The summed E-state index contributed by atoms with van der Waals surface area (Å²) in [5.41, 5.74) is 0. The molecule has 0 aliphatic carbocycles. The smallest absolute Gasteiger partial charge is 0.317 e. The van der Waals surface area contributed by atoms with Gasteiger partial charge in [-0.3, -0.25) is 0 Å². The van der Waals surface area contributed by atoms with Crippen molar-refractivity contribution in [2.45, 2.75) is 19.4 Å². The molecular formula is C13H20N2O4. The molecule has 106 valence electrons. The number of hydrogen-bond donors (Lipinski definition) is 3. The molecule has 0 aromatic heterocycles. The summed E-state index contributed by atoms with van der Waals surface area (Å²) in [5, 5.41) is 14.1. The average molecular weight is 268 g/mol. The van der Waals surface area contributed by atoms with Crippen LogP contribution in [0.4, 0.5) is 4.79 Å². The van der Waals surface area contributed by atoms with E-state index in [9.17, 15) is 4.79 Å². The monoisotopic (exact) mass is 268 g/mol. The lowest BCUT2D eigenvalue weighted by molar-refractivity contribution is 0.203. The third kappa shape index (κ3) is 5.05. The number of rotatable bonds is 7. The van der Waals surface area contributed by atoms with Gasteiger partial charge >= 0.3 is 6.03 Å². The normalized spacial score (nSPS) is 11.5. The van der Waals surface area contributed by atoms with Crippen molar-refractivity contribution in [2.24, 2.45) is 0 Å². The van der Waals surface area contributed by atoms with E-state index in [2.05, 4.69) is 10.6 Å². The number of benzene rings is 1. The molecule has 1 aromatic carbocycles. The summed E-state index contributed by atoms with van der Waals surface area (Å²) in [4.78, 5) is 11.5. The first kappa shape index (κ1) is 15.1. The van der Waals surface area contributed by atoms with Crippen molar-refractivity contribution >= 4 is 6.03 Å². The van der Waals surface area contributed by atoms with Gasteiger partial charge < -0.3 is 25.2 Å². The molecule has 0 bridgehead atoms. The highest BCUT2D eigenvalue weighted by molar-refractivity contribution is 5.74. The first-order chi connectivity index (χ1) is 9.21. The number of urea groups is 1. The fraction of sp³-hybridized carbons (Fsp3) is 0.462. The molecular weight excluding hydrogens is 248 g/mol. The lowest BCUT2D eigenvalue weighted by Crippen LogP contribution is -2.44. The van der Waals surface area contributed by atoms with E-state index in [-0.39, 0.29) is 25.4 Å². The molecule has 0 heterocycles. The van der Waals surface area contributed by atoms with E-state index in [0.29, 0.717) is 17.9 Å². The summed E-state index contributed by atoms with van der Waals surface area (Å²) < 4.78 is 10.5. The molecule has 1 atom stereocenters. The number of aliphatic hydroxyl groups excluding tert-OH is 1. The number of amides is 2. The molecule has 1 unspecified atom stereocenters. The fourth-order valence-corrected chi connectivity index (χ4v) is 1.43. The molecule has 1 aromatic rings. The minimum atomic E-state index is -0.379. The van der Waals surface area contributed by atoms with Crippen molar-refractivity contribution in [3.63, 3.8) is 0 Å². The summed E-state index contributed by atoms with van der Waals surface area (Å²) in [6, 6.07) is 6.55. The highest BCUT2D eigenvalue weighted by atomic mass is 16.5. The first-order valence-corrected chi connectivity index (χ1v) is 6.12. The maximum Gasteiger partial charge on any atom is 0.317 e. The Morgan fingerprint density at radius 3 is 2.63 bits per heavy atom. The Hall–Kier alpha value is -1.95. The largest absolute Gasteiger partial charge is 0.493 e. The second kappa shape index (κ2) is 8.20. The van der Waals surface area contributed by atoms with Gasteiger partial charge in [0.1, 0.15) is 0 Å². The van der Waals surface area contributed by atoms with Crippen molar-refractivity contribution in [3.05, 3.63) is 24.3 Å². The van der Waals surface area contributed by atoms with Gasteiger partial charge in [-0.05, 0) is 18.6 Å². The van der Waals surface area contributed by atoms with Gasteiger partial charge in [-0.15, -0.1) is 0 Å². The Morgan fingerprint density at radius 2 is 2.05 bits per heavy atom. The lowest BCUT2D eigenvalue weighted by atomic mass is 10.2. The number of methoxy groups -OCH3 is 1. The van der Waals surface area contributed by atoms with Gasteiger partial charge in [0, 0.05) is 0 Å². The van der Waals surface area contributed by atoms with Gasteiger partial charge in [-0.1, -0.05) is 19.1 Å². The molecule has 0 saturated heterocycles. The maximum atomic E-state index is 11.5. The van der Waals surface area contributed by atoms with E-state index < -0.39 is 0 Å². The number of hydrogen-bond acceptors (Lipinski definition) is 4. The molecule has 19 heavy (non-hydrogen) atoms. The average Bonchev–Trinajstić information content (AvgIpc) is 2.45. The van der Waals surface area contributed by atoms with E-state index in [1.807, 2.05) is 19.1 Å². The number of para-hydroxylation sites is 2. The van der Waals surface area contributed by atoms with Gasteiger partial charge in [0.25, 0.3) is 0 Å². The van der Waals surface area contributed by atoms with Crippen LogP contribution in [0.15, 0.2) is 24.3 Å². The van der Waals surface area contributed by atoms with E-state index in [1.165, 1.54) is 0 Å². The van der Waals surface area contributed by atoms with Gasteiger partial charge in [-0.25, -0.2) is 4.79 Å². The Labute approximate surface area is 112 Å². The van der Waals surface area contributed by atoms with Crippen LogP contribution in [0.5, 0.6) is 11.5 Å². The SMILES string of the molecule is CCC(CO)NC(=O)NCOc1ccccc1OC. The van der Waals surface area contributed by atoms with Crippen molar-refractivity contribution in [1.29, 1.82) is 0 Å². The van der Waals surface area contributed by atoms with Crippen LogP contribution in [0.2, 0.25) is 0 Å². The van der Waals surface area contributed by atoms with E-state index in [4.69, 9.17) is 14.6 Å².